The van der Waals surface area contributed by atoms with Crippen LogP contribution in [-0.4, -0.2) is 14.8 Å². The predicted molar refractivity (Wildman–Crippen MR) is 82.0 cm³/mol. The molecule has 0 amide bonds. The van der Waals surface area contributed by atoms with Crippen molar-refractivity contribution >= 4 is 16.6 Å². The van der Waals surface area contributed by atoms with E-state index in [9.17, 15) is 0 Å². The quantitative estimate of drug-likeness (QED) is 0.792. The van der Waals surface area contributed by atoms with Gasteiger partial charge in [-0.2, -0.15) is 5.10 Å². The predicted octanol–water partition coefficient (Wildman–Crippen LogP) is 3.13. The smallest absolute Gasteiger partial charge is 0.154 e. The molecule has 4 heteroatoms. The van der Waals surface area contributed by atoms with Crippen LogP contribution in [0.5, 0.6) is 0 Å². The molecular weight excluding hydrogens is 248 g/mol. The zero-order valence-electron chi connectivity index (χ0n) is 11.8. The number of benzene rings is 1. The molecule has 0 saturated heterocycles. The maximum atomic E-state index is 6.16. The molecule has 20 heavy (non-hydrogen) atoms. The second-order valence-corrected chi connectivity index (χ2v) is 4.79. The second-order valence-electron chi connectivity index (χ2n) is 4.79. The van der Waals surface area contributed by atoms with E-state index in [1.54, 1.807) is 0 Å². The third kappa shape index (κ3) is 1.93. The molecule has 0 unspecified atom stereocenters. The van der Waals surface area contributed by atoms with E-state index >= 15 is 0 Å². The zero-order chi connectivity index (χ0) is 14.1. The molecule has 0 spiro atoms. The van der Waals surface area contributed by atoms with Gasteiger partial charge in [-0.1, -0.05) is 32.0 Å². The highest BCUT2D eigenvalue weighted by Gasteiger charge is 2.14. The molecule has 0 aliphatic rings. The van der Waals surface area contributed by atoms with Crippen LogP contribution in [0.2, 0.25) is 0 Å². The summed E-state index contributed by atoms with van der Waals surface area (Å²) in [5.41, 5.74) is 9.91. The van der Waals surface area contributed by atoms with Crippen LogP contribution in [0.25, 0.3) is 16.7 Å². The molecular formula is C16H18N4. The highest BCUT2D eigenvalue weighted by Crippen LogP contribution is 2.22. The SMILES string of the molecule is CCc1nn(-c2ccc3ccccc3n2)c(CC)c1N. The molecule has 4 nitrogen and oxygen atoms in total. The van der Waals surface area contributed by atoms with Crippen LogP contribution in [0.1, 0.15) is 25.2 Å². The van der Waals surface area contributed by atoms with Gasteiger partial charge in [-0.3, -0.25) is 0 Å². The number of anilines is 1. The number of hydrogen-bond donors (Lipinski definition) is 1. The zero-order valence-corrected chi connectivity index (χ0v) is 11.8. The number of rotatable bonds is 3. The Kier molecular flexibility index (Phi) is 3.14. The van der Waals surface area contributed by atoms with Crippen molar-refractivity contribution in [3.63, 3.8) is 0 Å². The lowest BCUT2D eigenvalue weighted by atomic mass is 10.2. The van der Waals surface area contributed by atoms with E-state index in [1.165, 1.54) is 0 Å². The molecule has 0 aliphatic heterocycles. The Bertz CT molecular complexity index is 758. The number of hydrogen-bond acceptors (Lipinski definition) is 3. The van der Waals surface area contributed by atoms with Gasteiger partial charge in [0, 0.05) is 5.39 Å². The van der Waals surface area contributed by atoms with Crippen molar-refractivity contribution in [1.29, 1.82) is 0 Å². The van der Waals surface area contributed by atoms with E-state index in [1.807, 2.05) is 28.9 Å². The fraction of sp³-hybridized carbons (Fsp3) is 0.250. The molecule has 0 fully saturated rings. The Hall–Kier alpha value is -2.36. The minimum absolute atomic E-state index is 0.796. The third-order valence-corrected chi connectivity index (χ3v) is 3.57. The number of nitrogens with two attached hydrogens (primary N) is 1. The molecule has 1 aromatic carbocycles. The number of nitrogen functional groups attached to an aromatic ring is 1. The average Bonchev–Trinajstić information content (AvgIpc) is 2.82. The van der Waals surface area contributed by atoms with Gasteiger partial charge in [0.25, 0.3) is 0 Å². The van der Waals surface area contributed by atoms with E-state index in [0.717, 1.165) is 46.6 Å². The number of aryl methyl sites for hydroxylation is 1. The molecule has 3 rings (SSSR count). The standard InChI is InChI=1S/C16H18N4/c1-3-12-16(17)14(4-2)20(19-12)15-10-9-11-7-5-6-8-13(11)18-15/h5-10H,3-4,17H2,1-2H3. The molecule has 2 N–H and O–H groups in total. The molecule has 102 valence electrons. The fourth-order valence-electron chi connectivity index (χ4n) is 2.48. The molecule has 2 heterocycles. The summed E-state index contributed by atoms with van der Waals surface area (Å²) in [5.74, 6) is 0.826. The van der Waals surface area contributed by atoms with Gasteiger partial charge in [0.05, 0.1) is 22.6 Å². The molecule has 0 atom stereocenters. The first-order chi connectivity index (χ1) is 9.74. The Morgan fingerprint density at radius 3 is 2.60 bits per heavy atom. The number of aromatic nitrogens is 3. The van der Waals surface area contributed by atoms with Gasteiger partial charge in [-0.25, -0.2) is 9.67 Å². The van der Waals surface area contributed by atoms with E-state index in [-0.39, 0.29) is 0 Å². The van der Waals surface area contributed by atoms with E-state index in [4.69, 9.17) is 5.73 Å². The lowest BCUT2D eigenvalue weighted by Crippen LogP contribution is -2.04. The van der Waals surface area contributed by atoms with Crippen LogP contribution in [-0.2, 0) is 12.8 Å². The van der Waals surface area contributed by atoms with Crippen LogP contribution in [0, 0.1) is 0 Å². The number of pyridine rings is 1. The third-order valence-electron chi connectivity index (χ3n) is 3.57. The lowest BCUT2D eigenvalue weighted by molar-refractivity contribution is 0.776. The molecule has 0 bridgehead atoms. The molecule has 0 radical (unpaired) electrons. The minimum atomic E-state index is 0.796. The van der Waals surface area contributed by atoms with Gasteiger partial charge in [0.1, 0.15) is 0 Å². The Morgan fingerprint density at radius 1 is 1.05 bits per heavy atom. The summed E-state index contributed by atoms with van der Waals surface area (Å²) in [4.78, 5) is 4.69. The lowest BCUT2D eigenvalue weighted by Gasteiger charge is -2.06. The highest BCUT2D eigenvalue weighted by molar-refractivity contribution is 5.79. The maximum Gasteiger partial charge on any atom is 0.154 e. The van der Waals surface area contributed by atoms with E-state index in [0.29, 0.717) is 0 Å². The number of fused-ring (bicyclic) bond motifs is 1. The summed E-state index contributed by atoms with van der Waals surface area (Å²) in [6.45, 7) is 4.15. The molecule has 2 aromatic heterocycles. The topological polar surface area (TPSA) is 56.7 Å². The monoisotopic (exact) mass is 266 g/mol. The minimum Gasteiger partial charge on any atom is -0.396 e. The molecule has 0 aliphatic carbocycles. The maximum absolute atomic E-state index is 6.16. The Morgan fingerprint density at radius 2 is 1.85 bits per heavy atom. The van der Waals surface area contributed by atoms with Gasteiger partial charge < -0.3 is 5.73 Å². The van der Waals surface area contributed by atoms with Crippen LogP contribution < -0.4 is 5.73 Å². The number of nitrogens with zero attached hydrogens (tertiary/aromatic N) is 3. The summed E-state index contributed by atoms with van der Waals surface area (Å²) < 4.78 is 1.88. The summed E-state index contributed by atoms with van der Waals surface area (Å²) in [5, 5.41) is 5.74. The normalized spacial score (nSPS) is 11.1. The van der Waals surface area contributed by atoms with E-state index < -0.39 is 0 Å². The first kappa shape index (κ1) is 12.7. The second kappa shape index (κ2) is 4.96. The van der Waals surface area contributed by atoms with Crippen molar-refractivity contribution in [2.75, 3.05) is 5.73 Å². The van der Waals surface area contributed by atoms with Crippen molar-refractivity contribution in [3.8, 4) is 5.82 Å². The van der Waals surface area contributed by atoms with Gasteiger partial charge in [-0.15, -0.1) is 0 Å². The van der Waals surface area contributed by atoms with Crippen LogP contribution >= 0.6 is 0 Å². The Balaban J connectivity index is 2.19. The van der Waals surface area contributed by atoms with E-state index in [2.05, 4.69) is 36.1 Å². The van der Waals surface area contributed by atoms with Gasteiger partial charge >= 0.3 is 0 Å². The summed E-state index contributed by atoms with van der Waals surface area (Å²) in [7, 11) is 0. The van der Waals surface area contributed by atoms with Crippen molar-refractivity contribution < 1.29 is 0 Å². The van der Waals surface area contributed by atoms with Gasteiger partial charge in [0.15, 0.2) is 5.82 Å². The fourth-order valence-corrected chi connectivity index (χ4v) is 2.48. The van der Waals surface area contributed by atoms with Gasteiger partial charge in [0.2, 0.25) is 0 Å². The first-order valence-corrected chi connectivity index (χ1v) is 6.97. The van der Waals surface area contributed by atoms with Crippen LogP contribution in [0.4, 0.5) is 5.69 Å². The van der Waals surface area contributed by atoms with Crippen LogP contribution in [0.15, 0.2) is 36.4 Å². The Labute approximate surface area is 118 Å². The van der Waals surface area contributed by atoms with Crippen molar-refractivity contribution in [1.82, 2.24) is 14.8 Å². The molecule has 3 aromatic rings. The van der Waals surface area contributed by atoms with Crippen molar-refractivity contribution in [3.05, 3.63) is 47.8 Å². The highest BCUT2D eigenvalue weighted by atomic mass is 15.3. The van der Waals surface area contributed by atoms with Crippen LogP contribution in [0.3, 0.4) is 0 Å². The first-order valence-electron chi connectivity index (χ1n) is 6.97. The summed E-state index contributed by atoms with van der Waals surface area (Å²) in [6.07, 6.45) is 1.67. The number of para-hydroxylation sites is 1. The van der Waals surface area contributed by atoms with Crippen molar-refractivity contribution in [2.45, 2.75) is 26.7 Å². The van der Waals surface area contributed by atoms with Crippen molar-refractivity contribution in [2.24, 2.45) is 0 Å². The average molecular weight is 266 g/mol. The summed E-state index contributed by atoms with van der Waals surface area (Å²) in [6, 6.07) is 12.1. The molecule has 0 saturated carbocycles. The van der Waals surface area contributed by atoms with Gasteiger partial charge in [-0.05, 0) is 31.0 Å². The summed E-state index contributed by atoms with van der Waals surface area (Å²) >= 11 is 0. The largest absolute Gasteiger partial charge is 0.396 e.